The van der Waals surface area contributed by atoms with Crippen molar-refractivity contribution < 1.29 is 22.9 Å². The second-order valence-electron chi connectivity index (χ2n) is 6.33. The van der Waals surface area contributed by atoms with Crippen LogP contribution >= 0.6 is 11.8 Å². The Hall–Kier alpha value is -2.42. The van der Waals surface area contributed by atoms with Crippen LogP contribution in [0.1, 0.15) is 18.6 Å². The molecular weight excluding hydrogens is 376 g/mol. The number of piperidine rings is 1. The maximum Gasteiger partial charge on any atom is 0.232 e. The van der Waals surface area contributed by atoms with Crippen molar-refractivity contribution in [3.8, 4) is 0 Å². The fourth-order valence-corrected chi connectivity index (χ4v) is 3.69. The highest BCUT2D eigenvalue weighted by Crippen LogP contribution is 2.24. The molecule has 0 unspecified atom stereocenters. The van der Waals surface area contributed by atoms with E-state index in [4.69, 9.17) is 4.52 Å². The molecule has 2 amide bonds. The third-order valence-corrected chi connectivity index (χ3v) is 5.38. The van der Waals surface area contributed by atoms with Gasteiger partial charge in [0.2, 0.25) is 11.8 Å². The van der Waals surface area contributed by atoms with Crippen LogP contribution in [0.4, 0.5) is 14.6 Å². The van der Waals surface area contributed by atoms with Gasteiger partial charge in [-0.05, 0) is 31.9 Å². The van der Waals surface area contributed by atoms with E-state index >= 15 is 0 Å². The van der Waals surface area contributed by atoms with E-state index in [1.54, 1.807) is 17.9 Å². The van der Waals surface area contributed by atoms with Crippen molar-refractivity contribution in [2.24, 2.45) is 5.92 Å². The van der Waals surface area contributed by atoms with E-state index in [1.165, 1.54) is 6.07 Å². The number of hydrogen-bond donors (Lipinski definition) is 1. The third-order valence-electron chi connectivity index (χ3n) is 4.34. The van der Waals surface area contributed by atoms with Gasteiger partial charge in [0.15, 0.2) is 5.82 Å². The minimum absolute atomic E-state index is 0.0671. The maximum absolute atomic E-state index is 13.6. The minimum Gasteiger partial charge on any atom is -0.360 e. The Kier molecular flexibility index (Phi) is 6.10. The van der Waals surface area contributed by atoms with Crippen molar-refractivity contribution in [2.75, 3.05) is 24.2 Å². The van der Waals surface area contributed by atoms with Crippen LogP contribution in [0.5, 0.6) is 0 Å². The molecule has 1 N–H and O–H groups in total. The Balaban J connectivity index is 1.45. The zero-order valence-corrected chi connectivity index (χ0v) is 15.5. The van der Waals surface area contributed by atoms with E-state index in [9.17, 15) is 18.4 Å². The number of halogens is 2. The molecule has 0 radical (unpaired) electrons. The number of amides is 2. The first-order valence-corrected chi connectivity index (χ1v) is 9.51. The molecule has 1 aromatic carbocycles. The molecule has 9 heteroatoms. The smallest absolute Gasteiger partial charge is 0.232 e. The van der Waals surface area contributed by atoms with Crippen LogP contribution < -0.4 is 5.32 Å². The van der Waals surface area contributed by atoms with Crippen molar-refractivity contribution >= 4 is 29.4 Å². The van der Waals surface area contributed by atoms with E-state index in [0.29, 0.717) is 37.5 Å². The average molecular weight is 395 g/mol. The van der Waals surface area contributed by atoms with Gasteiger partial charge >= 0.3 is 0 Å². The monoisotopic (exact) mass is 395 g/mol. The Morgan fingerprint density at radius 2 is 2.04 bits per heavy atom. The van der Waals surface area contributed by atoms with Crippen molar-refractivity contribution in [1.29, 1.82) is 0 Å². The first-order chi connectivity index (χ1) is 12.9. The van der Waals surface area contributed by atoms with Crippen molar-refractivity contribution in [3.63, 3.8) is 0 Å². The van der Waals surface area contributed by atoms with Crippen LogP contribution in [0.3, 0.4) is 0 Å². The molecule has 0 saturated carbocycles. The van der Waals surface area contributed by atoms with Gasteiger partial charge in [-0.15, -0.1) is 11.8 Å². The fraction of sp³-hybridized carbons (Fsp3) is 0.389. The second kappa shape index (κ2) is 8.51. The number of aryl methyl sites for hydroxylation is 1. The lowest BCUT2D eigenvalue weighted by molar-refractivity contribution is -0.132. The Morgan fingerprint density at radius 3 is 2.67 bits per heavy atom. The summed E-state index contributed by atoms with van der Waals surface area (Å²) in [4.78, 5) is 26.5. The molecule has 0 atom stereocenters. The fourth-order valence-electron chi connectivity index (χ4n) is 2.87. The molecular formula is C18H19F2N3O3S. The Labute approximate surface area is 159 Å². The summed E-state index contributed by atoms with van der Waals surface area (Å²) in [6, 6.07) is 4.93. The lowest BCUT2D eigenvalue weighted by atomic mass is 9.96. The summed E-state index contributed by atoms with van der Waals surface area (Å²) in [5.74, 6) is -0.733. The molecule has 1 aromatic heterocycles. The summed E-state index contributed by atoms with van der Waals surface area (Å²) in [5.41, 5.74) is 0. The molecule has 1 saturated heterocycles. The zero-order valence-electron chi connectivity index (χ0n) is 14.7. The highest BCUT2D eigenvalue weighted by molar-refractivity contribution is 8.00. The maximum atomic E-state index is 13.6. The minimum atomic E-state index is -0.675. The first-order valence-electron chi connectivity index (χ1n) is 8.52. The number of anilines is 1. The lowest BCUT2D eigenvalue weighted by Gasteiger charge is -2.31. The molecule has 3 rings (SSSR count). The average Bonchev–Trinajstić information content (AvgIpc) is 3.05. The number of carbonyl (C=O) groups excluding carboxylic acids is 2. The summed E-state index contributed by atoms with van der Waals surface area (Å²) >= 11 is 1.04. The van der Waals surface area contributed by atoms with Crippen molar-refractivity contribution in [1.82, 2.24) is 10.1 Å². The number of hydrogen-bond acceptors (Lipinski definition) is 5. The number of thioether (sulfide) groups is 1. The number of benzene rings is 1. The second-order valence-corrected chi connectivity index (χ2v) is 7.35. The summed E-state index contributed by atoms with van der Waals surface area (Å²) in [6.45, 7) is 2.66. The number of carbonyl (C=O) groups is 2. The number of rotatable bonds is 5. The number of nitrogens with zero attached hydrogens (tertiary/aromatic N) is 2. The van der Waals surface area contributed by atoms with Crippen LogP contribution in [0.15, 0.2) is 33.7 Å². The van der Waals surface area contributed by atoms with Gasteiger partial charge in [-0.2, -0.15) is 0 Å². The molecule has 6 nitrogen and oxygen atoms in total. The van der Waals surface area contributed by atoms with E-state index in [2.05, 4.69) is 10.5 Å². The van der Waals surface area contributed by atoms with Crippen LogP contribution in [0.2, 0.25) is 0 Å². The van der Waals surface area contributed by atoms with E-state index in [0.717, 1.165) is 23.9 Å². The SMILES string of the molecule is Cc1cc(NC(=O)C2CCN(C(=O)CSc3ccc(F)cc3F)CC2)no1. The van der Waals surface area contributed by atoms with Crippen molar-refractivity contribution in [3.05, 3.63) is 41.7 Å². The van der Waals surface area contributed by atoms with E-state index < -0.39 is 11.6 Å². The number of likely N-dealkylation sites (tertiary alicyclic amines) is 1. The molecule has 144 valence electrons. The molecule has 0 bridgehead atoms. The molecule has 27 heavy (non-hydrogen) atoms. The Morgan fingerprint density at radius 1 is 1.30 bits per heavy atom. The standard InChI is InChI=1S/C18H19F2N3O3S/c1-11-8-16(22-26-11)21-18(25)12-4-6-23(7-5-12)17(24)10-27-15-3-2-13(19)9-14(15)20/h2-3,8-9,12H,4-7,10H2,1H3,(H,21,22,25). The molecule has 0 spiro atoms. The molecule has 0 aliphatic carbocycles. The van der Waals surface area contributed by atoms with Gasteiger partial charge in [0.05, 0.1) is 5.75 Å². The van der Waals surface area contributed by atoms with Gasteiger partial charge in [-0.25, -0.2) is 8.78 Å². The summed E-state index contributed by atoms with van der Waals surface area (Å²) in [6.07, 6.45) is 1.09. The van der Waals surface area contributed by atoms with Gasteiger partial charge < -0.3 is 14.7 Å². The van der Waals surface area contributed by atoms with E-state index in [1.807, 2.05) is 0 Å². The lowest BCUT2D eigenvalue weighted by Crippen LogP contribution is -2.42. The van der Waals surface area contributed by atoms with Gasteiger partial charge in [0.1, 0.15) is 17.4 Å². The van der Waals surface area contributed by atoms with Crippen LogP contribution in [0.25, 0.3) is 0 Å². The van der Waals surface area contributed by atoms with Gasteiger partial charge in [0, 0.05) is 36.0 Å². The first kappa shape index (κ1) is 19.3. The number of aromatic nitrogens is 1. The predicted octanol–water partition coefficient (Wildman–Crippen LogP) is 3.23. The normalized spacial score (nSPS) is 15.0. The Bertz CT molecular complexity index is 835. The molecule has 1 aliphatic heterocycles. The quantitative estimate of drug-likeness (QED) is 0.787. The number of nitrogens with one attached hydrogen (secondary N) is 1. The largest absolute Gasteiger partial charge is 0.360 e. The van der Waals surface area contributed by atoms with Crippen LogP contribution in [0, 0.1) is 24.5 Å². The third kappa shape index (κ3) is 5.06. The highest BCUT2D eigenvalue weighted by Gasteiger charge is 2.27. The molecule has 1 aliphatic rings. The highest BCUT2D eigenvalue weighted by atomic mass is 32.2. The van der Waals surface area contributed by atoms with Gasteiger partial charge in [-0.3, -0.25) is 9.59 Å². The summed E-state index contributed by atoms with van der Waals surface area (Å²) < 4.78 is 31.4. The van der Waals surface area contributed by atoms with Gasteiger partial charge in [0.25, 0.3) is 0 Å². The predicted molar refractivity (Wildman–Crippen MR) is 96.3 cm³/mol. The topological polar surface area (TPSA) is 75.4 Å². The zero-order chi connectivity index (χ0) is 19.4. The molecule has 1 fully saturated rings. The summed E-state index contributed by atoms with van der Waals surface area (Å²) in [7, 11) is 0. The molecule has 2 aromatic rings. The molecule has 2 heterocycles. The van der Waals surface area contributed by atoms with Crippen LogP contribution in [-0.4, -0.2) is 40.7 Å². The summed E-state index contributed by atoms with van der Waals surface area (Å²) in [5, 5.41) is 6.44. The van der Waals surface area contributed by atoms with Crippen molar-refractivity contribution in [2.45, 2.75) is 24.7 Å². The van der Waals surface area contributed by atoms with Crippen LogP contribution in [-0.2, 0) is 9.59 Å². The van der Waals surface area contributed by atoms with E-state index in [-0.39, 0.29) is 28.4 Å². The van der Waals surface area contributed by atoms with Gasteiger partial charge in [-0.1, -0.05) is 5.16 Å².